The van der Waals surface area contributed by atoms with Crippen LogP contribution in [-0.2, 0) is 6.42 Å². The second-order valence-corrected chi connectivity index (χ2v) is 4.47. The van der Waals surface area contributed by atoms with E-state index >= 15 is 0 Å². The molecule has 0 saturated heterocycles. The average Bonchev–Trinajstić information content (AvgIpc) is 3.01. The zero-order valence-electron chi connectivity index (χ0n) is 8.71. The van der Waals surface area contributed by atoms with Gasteiger partial charge in [-0.3, -0.25) is 0 Å². The molecule has 2 nitrogen and oxygen atoms in total. The summed E-state index contributed by atoms with van der Waals surface area (Å²) in [5.41, 5.74) is 6.65. The second-order valence-electron chi connectivity index (χ2n) is 4.06. The standard InChI is InChI=1S/C12H16ClNO/c13-11-7-9(5-6-14)3-4-12(11)15-8-10-1-2-10/h3-4,7,10H,1-2,5-6,8,14H2. The van der Waals surface area contributed by atoms with Gasteiger partial charge in [0.25, 0.3) is 0 Å². The van der Waals surface area contributed by atoms with E-state index in [0.717, 1.165) is 24.7 Å². The van der Waals surface area contributed by atoms with Crippen molar-refractivity contribution in [2.75, 3.05) is 13.2 Å². The summed E-state index contributed by atoms with van der Waals surface area (Å²) in [7, 11) is 0. The third kappa shape index (κ3) is 3.11. The predicted molar refractivity (Wildman–Crippen MR) is 62.4 cm³/mol. The maximum Gasteiger partial charge on any atom is 0.137 e. The maximum absolute atomic E-state index is 6.10. The Bertz CT molecular complexity index is 336. The topological polar surface area (TPSA) is 35.2 Å². The largest absolute Gasteiger partial charge is 0.492 e. The highest BCUT2D eigenvalue weighted by atomic mass is 35.5. The van der Waals surface area contributed by atoms with E-state index in [1.54, 1.807) is 0 Å². The molecule has 15 heavy (non-hydrogen) atoms. The fraction of sp³-hybridized carbons (Fsp3) is 0.500. The van der Waals surface area contributed by atoms with E-state index in [9.17, 15) is 0 Å². The SMILES string of the molecule is NCCc1ccc(OCC2CC2)c(Cl)c1. The van der Waals surface area contributed by atoms with E-state index in [2.05, 4.69) is 0 Å². The van der Waals surface area contributed by atoms with Gasteiger partial charge >= 0.3 is 0 Å². The van der Waals surface area contributed by atoms with Crippen molar-refractivity contribution in [1.29, 1.82) is 0 Å². The van der Waals surface area contributed by atoms with Gasteiger partial charge in [0, 0.05) is 0 Å². The Hall–Kier alpha value is -0.730. The molecule has 2 N–H and O–H groups in total. The second kappa shape index (κ2) is 4.86. The first-order chi connectivity index (χ1) is 7.29. The first kappa shape index (κ1) is 10.8. The molecule has 2 rings (SSSR count). The molecular weight excluding hydrogens is 210 g/mol. The van der Waals surface area contributed by atoms with Gasteiger partial charge in [0.05, 0.1) is 11.6 Å². The normalized spacial score (nSPS) is 15.3. The molecule has 0 aromatic heterocycles. The molecule has 1 aromatic rings. The van der Waals surface area contributed by atoms with Crippen LogP contribution in [0.2, 0.25) is 5.02 Å². The van der Waals surface area contributed by atoms with Crippen LogP contribution in [0.25, 0.3) is 0 Å². The minimum atomic E-state index is 0.651. The van der Waals surface area contributed by atoms with Gasteiger partial charge in [0.15, 0.2) is 0 Å². The van der Waals surface area contributed by atoms with Gasteiger partial charge in [-0.2, -0.15) is 0 Å². The lowest BCUT2D eigenvalue weighted by molar-refractivity contribution is 0.300. The lowest BCUT2D eigenvalue weighted by Gasteiger charge is -2.08. The van der Waals surface area contributed by atoms with E-state index in [1.807, 2.05) is 18.2 Å². The number of hydrogen-bond donors (Lipinski definition) is 1. The van der Waals surface area contributed by atoms with Gasteiger partial charge < -0.3 is 10.5 Å². The molecule has 0 amide bonds. The van der Waals surface area contributed by atoms with Gasteiger partial charge in [0.1, 0.15) is 5.75 Å². The van der Waals surface area contributed by atoms with Crippen LogP contribution in [-0.4, -0.2) is 13.2 Å². The minimum Gasteiger partial charge on any atom is -0.492 e. The first-order valence-corrected chi connectivity index (χ1v) is 5.78. The highest BCUT2D eigenvalue weighted by Gasteiger charge is 2.22. The van der Waals surface area contributed by atoms with Crippen molar-refractivity contribution in [1.82, 2.24) is 0 Å². The lowest BCUT2D eigenvalue weighted by atomic mass is 10.1. The van der Waals surface area contributed by atoms with Crippen LogP contribution in [0, 0.1) is 5.92 Å². The molecule has 0 atom stereocenters. The summed E-state index contributed by atoms with van der Waals surface area (Å²) in [5.74, 6) is 1.55. The molecule has 1 aliphatic carbocycles. The van der Waals surface area contributed by atoms with Crippen molar-refractivity contribution in [3.8, 4) is 5.75 Å². The van der Waals surface area contributed by atoms with Crippen molar-refractivity contribution in [3.63, 3.8) is 0 Å². The van der Waals surface area contributed by atoms with Gasteiger partial charge in [0.2, 0.25) is 0 Å². The Balaban J connectivity index is 1.97. The van der Waals surface area contributed by atoms with Crippen molar-refractivity contribution < 1.29 is 4.74 Å². The zero-order chi connectivity index (χ0) is 10.7. The molecule has 0 bridgehead atoms. The van der Waals surface area contributed by atoms with E-state index in [0.29, 0.717) is 11.6 Å². The van der Waals surface area contributed by atoms with Crippen LogP contribution in [0.3, 0.4) is 0 Å². The Morgan fingerprint density at radius 2 is 2.20 bits per heavy atom. The molecule has 0 radical (unpaired) electrons. The van der Waals surface area contributed by atoms with Crippen molar-refractivity contribution in [2.24, 2.45) is 11.7 Å². The fourth-order valence-corrected chi connectivity index (χ4v) is 1.73. The summed E-state index contributed by atoms with van der Waals surface area (Å²) < 4.78 is 5.63. The Kier molecular flexibility index (Phi) is 3.49. The van der Waals surface area contributed by atoms with Gasteiger partial charge in [-0.15, -0.1) is 0 Å². The average molecular weight is 226 g/mol. The molecule has 1 fully saturated rings. The summed E-state index contributed by atoms with van der Waals surface area (Å²) in [4.78, 5) is 0. The smallest absolute Gasteiger partial charge is 0.137 e. The summed E-state index contributed by atoms with van der Waals surface area (Å²) in [6, 6.07) is 5.91. The van der Waals surface area contributed by atoms with E-state index in [4.69, 9.17) is 22.1 Å². The van der Waals surface area contributed by atoms with Gasteiger partial charge in [-0.05, 0) is 49.4 Å². The van der Waals surface area contributed by atoms with E-state index < -0.39 is 0 Å². The molecular formula is C12H16ClNO. The number of benzene rings is 1. The van der Waals surface area contributed by atoms with Crippen molar-refractivity contribution >= 4 is 11.6 Å². The van der Waals surface area contributed by atoms with Crippen LogP contribution in [0.1, 0.15) is 18.4 Å². The molecule has 0 unspecified atom stereocenters. The number of hydrogen-bond acceptors (Lipinski definition) is 2. The molecule has 1 aliphatic rings. The van der Waals surface area contributed by atoms with Crippen LogP contribution in [0.15, 0.2) is 18.2 Å². The third-order valence-electron chi connectivity index (χ3n) is 2.60. The summed E-state index contributed by atoms with van der Waals surface area (Å²) in [6.07, 6.45) is 3.45. The first-order valence-electron chi connectivity index (χ1n) is 5.41. The predicted octanol–water partition coefficient (Wildman–Crippen LogP) is 2.63. The van der Waals surface area contributed by atoms with Crippen LogP contribution in [0.4, 0.5) is 0 Å². The summed E-state index contributed by atoms with van der Waals surface area (Å²) in [6.45, 7) is 1.45. The van der Waals surface area contributed by atoms with Crippen LogP contribution < -0.4 is 10.5 Å². The molecule has 0 spiro atoms. The molecule has 82 valence electrons. The number of nitrogens with two attached hydrogens (primary N) is 1. The highest BCUT2D eigenvalue weighted by molar-refractivity contribution is 6.32. The van der Waals surface area contributed by atoms with Crippen molar-refractivity contribution in [2.45, 2.75) is 19.3 Å². The number of rotatable bonds is 5. The Labute approximate surface area is 95.4 Å². The highest BCUT2D eigenvalue weighted by Crippen LogP contribution is 2.32. The summed E-state index contributed by atoms with van der Waals surface area (Å²) in [5, 5.41) is 0.696. The van der Waals surface area contributed by atoms with Crippen LogP contribution >= 0.6 is 11.6 Å². The van der Waals surface area contributed by atoms with Crippen molar-refractivity contribution in [3.05, 3.63) is 28.8 Å². The molecule has 3 heteroatoms. The quantitative estimate of drug-likeness (QED) is 0.836. The molecule has 0 heterocycles. The van der Waals surface area contributed by atoms with Crippen LogP contribution in [0.5, 0.6) is 5.75 Å². The fourth-order valence-electron chi connectivity index (χ4n) is 1.48. The third-order valence-corrected chi connectivity index (χ3v) is 2.90. The monoisotopic (exact) mass is 225 g/mol. The molecule has 1 aromatic carbocycles. The van der Waals surface area contributed by atoms with E-state index in [1.165, 1.54) is 18.4 Å². The minimum absolute atomic E-state index is 0.651. The molecule has 1 saturated carbocycles. The zero-order valence-corrected chi connectivity index (χ0v) is 9.46. The van der Waals surface area contributed by atoms with Gasteiger partial charge in [-0.1, -0.05) is 17.7 Å². The number of halogens is 1. The Morgan fingerprint density at radius 3 is 2.80 bits per heavy atom. The summed E-state index contributed by atoms with van der Waals surface area (Å²) >= 11 is 6.10. The lowest BCUT2D eigenvalue weighted by Crippen LogP contribution is -2.03. The number of ether oxygens (including phenoxy) is 1. The molecule has 0 aliphatic heterocycles. The van der Waals surface area contributed by atoms with Gasteiger partial charge in [-0.25, -0.2) is 0 Å². The Morgan fingerprint density at radius 1 is 1.40 bits per heavy atom. The van der Waals surface area contributed by atoms with E-state index in [-0.39, 0.29) is 0 Å². The maximum atomic E-state index is 6.10.